The number of pyridine rings is 1. The minimum absolute atomic E-state index is 0.108. The molecule has 7 aromatic rings. The third-order valence-corrected chi connectivity index (χ3v) is 7.12. The molecule has 4 heteroatoms. The minimum atomic E-state index is -0.108. The molecule has 3 aromatic heterocycles. The number of hydrogen-bond donors (Lipinski definition) is 0. The van der Waals surface area contributed by atoms with E-state index in [2.05, 4.69) is 118 Å². The smallest absolute Gasteiger partial charge is 0.146 e. The summed E-state index contributed by atoms with van der Waals surface area (Å²) in [7, 11) is 0. The lowest BCUT2D eigenvalue weighted by Gasteiger charge is -2.12. The molecule has 8 rings (SSSR count). The molecule has 1 unspecified atom stereocenters. The van der Waals surface area contributed by atoms with Gasteiger partial charge >= 0.3 is 0 Å². The van der Waals surface area contributed by atoms with Crippen LogP contribution < -0.4 is 10.6 Å². The summed E-state index contributed by atoms with van der Waals surface area (Å²) in [5.74, 6) is 0. The molecule has 0 saturated carbocycles. The summed E-state index contributed by atoms with van der Waals surface area (Å²) in [6, 6.07) is 38.3. The zero-order chi connectivity index (χ0) is 22.9. The second kappa shape index (κ2) is 6.90. The Labute approximate surface area is 200 Å². The van der Waals surface area contributed by atoms with E-state index in [0.717, 1.165) is 54.9 Å². The number of aromatic nitrogens is 3. The van der Waals surface area contributed by atoms with Crippen molar-refractivity contribution < 1.29 is 0 Å². The molecule has 1 aliphatic rings. The van der Waals surface area contributed by atoms with Gasteiger partial charge < -0.3 is 9.13 Å². The molecule has 0 fully saturated rings. The molecule has 1 aliphatic heterocycles. The van der Waals surface area contributed by atoms with E-state index in [1.54, 1.807) is 0 Å². The molecule has 0 radical (unpaired) electrons. The Morgan fingerprint density at radius 3 is 2.06 bits per heavy atom. The van der Waals surface area contributed by atoms with Crippen LogP contribution in [0.5, 0.6) is 0 Å². The van der Waals surface area contributed by atoms with Crippen LogP contribution in [0, 0.1) is 0 Å². The third-order valence-electron chi connectivity index (χ3n) is 7.12. The second-order valence-electron chi connectivity index (χ2n) is 9.07. The van der Waals surface area contributed by atoms with E-state index in [-0.39, 0.29) is 6.17 Å². The molecule has 4 aromatic carbocycles. The summed E-state index contributed by atoms with van der Waals surface area (Å²) in [5.41, 5.74) is 7.68. The molecular weight excluding hydrogens is 428 g/mol. The summed E-state index contributed by atoms with van der Waals surface area (Å²) < 4.78 is 4.66. The van der Waals surface area contributed by atoms with Crippen molar-refractivity contribution in [2.24, 2.45) is 4.99 Å². The van der Waals surface area contributed by atoms with E-state index in [9.17, 15) is 0 Å². The van der Waals surface area contributed by atoms with Crippen LogP contribution in [0.15, 0.2) is 114 Å². The van der Waals surface area contributed by atoms with Crippen molar-refractivity contribution in [3.05, 3.63) is 120 Å². The summed E-state index contributed by atoms with van der Waals surface area (Å²) in [6.45, 7) is 0. The topological polar surface area (TPSA) is 35.1 Å². The first-order valence-electron chi connectivity index (χ1n) is 11.9. The first-order chi connectivity index (χ1) is 17.4. The SMILES string of the molecule is C1=c2ccccc2=NC1n1c2ccccc2c2nc3c4ccccc4n(-c4ccccc4)c3cc21. The summed E-state index contributed by atoms with van der Waals surface area (Å²) in [4.78, 5) is 10.4. The fraction of sp³-hybridized carbons (Fsp3) is 0.0323. The third kappa shape index (κ3) is 2.56. The molecule has 0 saturated heterocycles. The normalized spacial score (nSPS) is 15.0. The number of para-hydroxylation sites is 4. The zero-order valence-electron chi connectivity index (χ0n) is 18.8. The van der Waals surface area contributed by atoms with E-state index >= 15 is 0 Å². The molecule has 0 bridgehead atoms. The summed E-state index contributed by atoms with van der Waals surface area (Å²) in [5, 5.41) is 4.53. The van der Waals surface area contributed by atoms with E-state index < -0.39 is 0 Å². The average molecular weight is 449 g/mol. The fourth-order valence-corrected chi connectivity index (χ4v) is 5.61. The molecule has 0 aliphatic carbocycles. The van der Waals surface area contributed by atoms with Gasteiger partial charge in [0.1, 0.15) is 6.17 Å². The summed E-state index contributed by atoms with van der Waals surface area (Å²) >= 11 is 0. The molecule has 1 atom stereocenters. The lowest BCUT2D eigenvalue weighted by Crippen LogP contribution is -2.19. The monoisotopic (exact) mass is 448 g/mol. The van der Waals surface area contributed by atoms with E-state index in [4.69, 9.17) is 9.98 Å². The van der Waals surface area contributed by atoms with Gasteiger partial charge in [0, 0.05) is 16.5 Å². The van der Waals surface area contributed by atoms with Gasteiger partial charge in [-0.1, -0.05) is 72.8 Å². The fourth-order valence-electron chi connectivity index (χ4n) is 5.61. The lowest BCUT2D eigenvalue weighted by atomic mass is 10.2. The minimum Gasteiger partial charge on any atom is -0.313 e. The van der Waals surface area contributed by atoms with Crippen molar-refractivity contribution in [2.75, 3.05) is 0 Å². The van der Waals surface area contributed by atoms with Crippen molar-refractivity contribution in [3.8, 4) is 5.69 Å². The van der Waals surface area contributed by atoms with Gasteiger partial charge in [-0.05, 0) is 47.7 Å². The standard InChI is InChI=1S/C31H20N4/c1-2-11-21(12-3-1)34-25-16-8-5-13-22(25)30-27(34)19-28-31(33-30)23-14-6-9-17-26(23)35(28)29-18-20-10-4-7-15-24(20)32-29/h1-19,29H. The Kier molecular flexibility index (Phi) is 3.69. The Bertz CT molecular complexity index is 2030. The number of nitrogens with zero attached hydrogens (tertiary/aromatic N) is 4. The lowest BCUT2D eigenvalue weighted by molar-refractivity contribution is 0.707. The highest BCUT2D eigenvalue weighted by Crippen LogP contribution is 2.37. The molecular formula is C31H20N4. The van der Waals surface area contributed by atoms with Crippen LogP contribution in [0.3, 0.4) is 0 Å². The maximum Gasteiger partial charge on any atom is 0.146 e. The van der Waals surface area contributed by atoms with Crippen molar-refractivity contribution in [1.29, 1.82) is 0 Å². The van der Waals surface area contributed by atoms with Crippen LogP contribution in [0.1, 0.15) is 6.17 Å². The van der Waals surface area contributed by atoms with Crippen LogP contribution in [-0.4, -0.2) is 14.1 Å². The van der Waals surface area contributed by atoms with Gasteiger partial charge in [0.05, 0.1) is 38.5 Å². The molecule has 0 N–H and O–H groups in total. The highest BCUT2D eigenvalue weighted by molar-refractivity contribution is 6.14. The number of fused-ring (bicyclic) bond motifs is 7. The highest BCUT2D eigenvalue weighted by Gasteiger charge is 2.22. The highest BCUT2D eigenvalue weighted by atomic mass is 15.1. The van der Waals surface area contributed by atoms with Crippen LogP contribution >= 0.6 is 0 Å². The van der Waals surface area contributed by atoms with E-state index in [0.29, 0.717) is 0 Å². The average Bonchev–Trinajstić information content (AvgIpc) is 3.57. The summed E-state index contributed by atoms with van der Waals surface area (Å²) in [6.07, 6.45) is 2.14. The molecule has 0 spiro atoms. The Hall–Kier alpha value is -4.70. The van der Waals surface area contributed by atoms with E-state index in [1.165, 1.54) is 5.22 Å². The largest absolute Gasteiger partial charge is 0.313 e. The van der Waals surface area contributed by atoms with Crippen molar-refractivity contribution in [1.82, 2.24) is 14.1 Å². The van der Waals surface area contributed by atoms with Gasteiger partial charge in [0.2, 0.25) is 0 Å². The first-order valence-corrected chi connectivity index (χ1v) is 11.9. The first kappa shape index (κ1) is 18.7. The zero-order valence-corrected chi connectivity index (χ0v) is 18.8. The van der Waals surface area contributed by atoms with E-state index in [1.807, 2.05) is 6.07 Å². The Morgan fingerprint density at radius 1 is 0.571 bits per heavy atom. The van der Waals surface area contributed by atoms with Crippen LogP contribution in [0.25, 0.3) is 55.6 Å². The maximum absolute atomic E-state index is 5.32. The quantitative estimate of drug-likeness (QED) is 0.324. The van der Waals surface area contributed by atoms with Gasteiger partial charge in [0.25, 0.3) is 0 Å². The van der Waals surface area contributed by atoms with Crippen LogP contribution in [0.2, 0.25) is 0 Å². The van der Waals surface area contributed by atoms with Gasteiger partial charge in [-0.2, -0.15) is 0 Å². The van der Waals surface area contributed by atoms with Crippen molar-refractivity contribution in [2.45, 2.75) is 6.17 Å². The van der Waals surface area contributed by atoms with Crippen molar-refractivity contribution >= 4 is 49.9 Å². The number of rotatable bonds is 2. The maximum atomic E-state index is 5.32. The molecule has 4 nitrogen and oxygen atoms in total. The van der Waals surface area contributed by atoms with Crippen molar-refractivity contribution in [3.63, 3.8) is 0 Å². The van der Waals surface area contributed by atoms with Gasteiger partial charge in [-0.3, -0.25) is 4.99 Å². The molecule has 4 heterocycles. The van der Waals surface area contributed by atoms with Crippen LogP contribution in [0.4, 0.5) is 0 Å². The van der Waals surface area contributed by atoms with Gasteiger partial charge in [-0.25, -0.2) is 4.98 Å². The predicted octanol–water partition coefficient (Wildman–Crippen LogP) is 5.90. The van der Waals surface area contributed by atoms with Crippen LogP contribution in [-0.2, 0) is 0 Å². The number of hydrogen-bond acceptors (Lipinski definition) is 2. The molecule has 35 heavy (non-hydrogen) atoms. The molecule has 164 valence electrons. The molecule has 0 amide bonds. The number of benzene rings is 4. The van der Waals surface area contributed by atoms with Gasteiger partial charge in [0.15, 0.2) is 0 Å². The Morgan fingerprint density at radius 2 is 1.23 bits per heavy atom. The Balaban J connectivity index is 1.54. The van der Waals surface area contributed by atoms with Gasteiger partial charge in [-0.15, -0.1) is 0 Å². The second-order valence-corrected chi connectivity index (χ2v) is 9.07. The predicted molar refractivity (Wildman–Crippen MR) is 142 cm³/mol.